The second kappa shape index (κ2) is 5.99. The number of rotatable bonds is 4. The number of carboxylic acid groups (broad SMARTS) is 1. The average Bonchev–Trinajstić information content (AvgIpc) is 3.05. The van der Waals surface area contributed by atoms with Crippen molar-refractivity contribution in [3.63, 3.8) is 0 Å². The molecular formula is C15H13N3O5S. The fourth-order valence-electron chi connectivity index (χ4n) is 2.52. The molecule has 0 bridgehead atoms. The number of sulfonamides is 1. The molecule has 0 radical (unpaired) electrons. The van der Waals surface area contributed by atoms with Gasteiger partial charge >= 0.3 is 5.97 Å². The van der Waals surface area contributed by atoms with E-state index in [0.717, 1.165) is 23.4 Å². The first-order chi connectivity index (χ1) is 11.4. The lowest BCUT2D eigenvalue weighted by Gasteiger charge is -2.26. The number of nitriles is 1. The van der Waals surface area contributed by atoms with Crippen molar-refractivity contribution in [2.24, 2.45) is 0 Å². The zero-order chi connectivity index (χ0) is 17.3. The van der Waals surface area contributed by atoms with Gasteiger partial charge in [-0.05, 0) is 42.3 Å². The fraction of sp³-hybridized carbons (Fsp3) is 0.200. The van der Waals surface area contributed by atoms with Crippen LogP contribution in [-0.4, -0.2) is 32.1 Å². The van der Waals surface area contributed by atoms with Gasteiger partial charge in [-0.15, -0.1) is 0 Å². The SMILES string of the molecule is N#Cc1ccc2c(c1)CC(NS(=O)(=O)c1ccc(C(=O)O)o1)CN2. The quantitative estimate of drug-likeness (QED) is 0.756. The largest absolute Gasteiger partial charge is 0.475 e. The lowest BCUT2D eigenvalue weighted by molar-refractivity contribution is 0.0656. The Labute approximate surface area is 137 Å². The summed E-state index contributed by atoms with van der Waals surface area (Å²) in [5.41, 5.74) is 2.19. The average molecular weight is 347 g/mol. The highest BCUT2D eigenvalue weighted by Gasteiger charge is 2.27. The molecule has 1 atom stereocenters. The molecule has 124 valence electrons. The third-order valence-electron chi connectivity index (χ3n) is 3.62. The number of benzene rings is 1. The number of nitrogens with one attached hydrogen (secondary N) is 2. The number of anilines is 1. The first-order valence-corrected chi connectivity index (χ1v) is 8.50. The first-order valence-electron chi connectivity index (χ1n) is 7.01. The Bertz CT molecular complexity index is 942. The summed E-state index contributed by atoms with van der Waals surface area (Å²) in [6, 6.07) is 8.96. The highest BCUT2D eigenvalue weighted by Crippen LogP contribution is 2.24. The van der Waals surface area contributed by atoms with E-state index in [9.17, 15) is 13.2 Å². The molecule has 0 aliphatic carbocycles. The third-order valence-corrected chi connectivity index (χ3v) is 5.01. The van der Waals surface area contributed by atoms with Crippen LogP contribution in [0.4, 0.5) is 5.69 Å². The molecule has 0 saturated carbocycles. The maximum atomic E-state index is 12.3. The van der Waals surface area contributed by atoms with Gasteiger partial charge in [-0.25, -0.2) is 17.9 Å². The molecule has 0 fully saturated rings. The summed E-state index contributed by atoms with van der Waals surface area (Å²) in [4.78, 5) is 10.8. The van der Waals surface area contributed by atoms with Gasteiger partial charge in [0.05, 0.1) is 11.6 Å². The second-order valence-corrected chi connectivity index (χ2v) is 6.96. The second-order valence-electron chi connectivity index (χ2n) is 5.31. The Morgan fingerprint density at radius 3 is 2.83 bits per heavy atom. The van der Waals surface area contributed by atoms with Gasteiger partial charge in [0, 0.05) is 18.3 Å². The van der Waals surface area contributed by atoms with Gasteiger partial charge in [-0.3, -0.25) is 0 Å². The van der Waals surface area contributed by atoms with Crippen LogP contribution in [0.3, 0.4) is 0 Å². The zero-order valence-corrected chi connectivity index (χ0v) is 13.1. The van der Waals surface area contributed by atoms with Crippen LogP contribution in [0.15, 0.2) is 39.8 Å². The summed E-state index contributed by atoms with van der Waals surface area (Å²) < 4.78 is 31.9. The normalized spacial score (nSPS) is 16.7. The Balaban J connectivity index is 1.78. The van der Waals surface area contributed by atoms with Gasteiger partial charge in [0.15, 0.2) is 0 Å². The van der Waals surface area contributed by atoms with Crippen LogP contribution < -0.4 is 10.0 Å². The van der Waals surface area contributed by atoms with Crippen molar-refractivity contribution in [1.29, 1.82) is 5.26 Å². The summed E-state index contributed by atoms with van der Waals surface area (Å²) in [6.45, 7) is 0.366. The molecule has 8 nitrogen and oxygen atoms in total. The molecule has 9 heteroatoms. The van der Waals surface area contributed by atoms with E-state index in [4.69, 9.17) is 14.8 Å². The molecule has 1 aromatic heterocycles. The molecule has 0 amide bonds. The fourth-order valence-corrected chi connectivity index (χ4v) is 3.68. The molecule has 2 aromatic rings. The Morgan fingerprint density at radius 2 is 2.17 bits per heavy atom. The Hall–Kier alpha value is -2.83. The van der Waals surface area contributed by atoms with E-state index >= 15 is 0 Å². The van der Waals surface area contributed by atoms with Gasteiger partial charge in [0.25, 0.3) is 10.0 Å². The minimum absolute atomic E-state index is 0.366. The van der Waals surface area contributed by atoms with Crippen molar-refractivity contribution in [2.75, 3.05) is 11.9 Å². The number of furan rings is 1. The molecular weight excluding hydrogens is 334 g/mol. The molecule has 3 rings (SSSR count). The Kier molecular flexibility index (Phi) is 4.01. The van der Waals surface area contributed by atoms with E-state index < -0.39 is 32.9 Å². The van der Waals surface area contributed by atoms with Gasteiger partial charge < -0.3 is 14.8 Å². The van der Waals surface area contributed by atoms with Crippen LogP contribution in [0.1, 0.15) is 21.7 Å². The van der Waals surface area contributed by atoms with E-state index in [-0.39, 0.29) is 0 Å². The number of hydrogen-bond donors (Lipinski definition) is 3. The lowest BCUT2D eigenvalue weighted by Crippen LogP contribution is -2.43. The van der Waals surface area contributed by atoms with E-state index in [1.165, 1.54) is 0 Å². The smallest absolute Gasteiger partial charge is 0.371 e. The minimum Gasteiger partial charge on any atom is -0.475 e. The number of carbonyl (C=O) groups is 1. The molecule has 1 aliphatic heterocycles. The van der Waals surface area contributed by atoms with Gasteiger partial charge in [-0.2, -0.15) is 5.26 Å². The summed E-state index contributed by atoms with van der Waals surface area (Å²) >= 11 is 0. The topological polar surface area (TPSA) is 132 Å². The van der Waals surface area contributed by atoms with Crippen LogP contribution in [0.25, 0.3) is 0 Å². The maximum Gasteiger partial charge on any atom is 0.371 e. The molecule has 3 N–H and O–H groups in total. The van der Waals surface area contributed by atoms with Crippen molar-refractivity contribution in [3.8, 4) is 6.07 Å². The van der Waals surface area contributed by atoms with Gasteiger partial charge in [0.2, 0.25) is 10.9 Å². The van der Waals surface area contributed by atoms with Gasteiger partial charge in [-0.1, -0.05) is 0 Å². The van der Waals surface area contributed by atoms with E-state index in [1.807, 2.05) is 6.07 Å². The number of nitrogens with zero attached hydrogens (tertiary/aromatic N) is 1. The van der Waals surface area contributed by atoms with Crippen molar-refractivity contribution in [1.82, 2.24) is 4.72 Å². The number of carboxylic acids is 1. The lowest BCUT2D eigenvalue weighted by atomic mass is 9.98. The molecule has 24 heavy (non-hydrogen) atoms. The van der Waals surface area contributed by atoms with Crippen molar-refractivity contribution < 1.29 is 22.7 Å². The predicted octanol–water partition coefficient (Wildman–Crippen LogP) is 1.16. The third kappa shape index (κ3) is 3.10. The molecule has 1 aliphatic rings. The van der Waals surface area contributed by atoms with Crippen molar-refractivity contribution in [3.05, 3.63) is 47.2 Å². The van der Waals surface area contributed by atoms with Crippen LogP contribution in [0.5, 0.6) is 0 Å². The van der Waals surface area contributed by atoms with Crippen LogP contribution in [0, 0.1) is 11.3 Å². The maximum absolute atomic E-state index is 12.3. The summed E-state index contributed by atoms with van der Waals surface area (Å²) in [7, 11) is -3.98. The number of aromatic carboxylic acids is 1. The zero-order valence-electron chi connectivity index (χ0n) is 12.3. The molecule has 1 aromatic carbocycles. The van der Waals surface area contributed by atoms with E-state index in [2.05, 4.69) is 10.0 Å². The van der Waals surface area contributed by atoms with Gasteiger partial charge in [0.1, 0.15) is 0 Å². The number of hydrogen-bond acceptors (Lipinski definition) is 6. The summed E-state index contributed by atoms with van der Waals surface area (Å²) in [5.74, 6) is -1.78. The monoisotopic (exact) mass is 347 g/mol. The molecule has 0 saturated heterocycles. The highest BCUT2D eigenvalue weighted by atomic mass is 32.2. The van der Waals surface area contributed by atoms with Crippen molar-refractivity contribution in [2.45, 2.75) is 17.6 Å². The standard InChI is InChI=1S/C15H13N3O5S/c16-7-9-1-2-12-10(5-9)6-11(8-17-12)18-24(21,22)14-4-3-13(23-14)15(19)20/h1-5,11,17-18H,6,8H2,(H,19,20). The van der Waals surface area contributed by atoms with E-state index in [0.29, 0.717) is 18.5 Å². The van der Waals surface area contributed by atoms with Crippen LogP contribution >= 0.6 is 0 Å². The Morgan fingerprint density at radius 1 is 1.38 bits per heavy atom. The number of fused-ring (bicyclic) bond motifs is 1. The molecule has 2 heterocycles. The highest BCUT2D eigenvalue weighted by molar-refractivity contribution is 7.89. The molecule has 0 spiro atoms. The van der Waals surface area contributed by atoms with Crippen LogP contribution in [-0.2, 0) is 16.4 Å². The predicted molar refractivity (Wildman–Crippen MR) is 83.1 cm³/mol. The summed E-state index contributed by atoms with van der Waals surface area (Å²) in [6.07, 6.45) is 0.406. The van der Waals surface area contributed by atoms with Crippen LogP contribution in [0.2, 0.25) is 0 Å². The van der Waals surface area contributed by atoms with E-state index in [1.54, 1.807) is 18.2 Å². The minimum atomic E-state index is -3.98. The molecule has 1 unspecified atom stereocenters. The van der Waals surface area contributed by atoms with Crippen molar-refractivity contribution >= 4 is 21.7 Å². The first kappa shape index (κ1) is 16.0. The summed E-state index contributed by atoms with van der Waals surface area (Å²) in [5, 5.41) is 20.4.